The standard InChI is InChI=1S/C21H29N7O/c1-14(2)12-28-20-16(11-23-28)9-17(10-22-20)21(29)24-18-6-5-7-27(13-18)19-8-15(3)25-26(19)4/h8-11,14,18H,5-7,12-13H2,1-4H3,(H,24,29). The lowest BCUT2D eigenvalue weighted by Gasteiger charge is -2.34. The van der Waals surface area contributed by atoms with Gasteiger partial charge in [0.05, 0.1) is 17.5 Å². The smallest absolute Gasteiger partial charge is 0.253 e. The van der Waals surface area contributed by atoms with Gasteiger partial charge in [-0.3, -0.25) is 9.48 Å². The second-order valence-electron chi connectivity index (χ2n) is 8.38. The zero-order valence-corrected chi connectivity index (χ0v) is 17.6. The molecule has 154 valence electrons. The number of nitrogens with one attached hydrogen (secondary N) is 1. The van der Waals surface area contributed by atoms with E-state index in [9.17, 15) is 4.79 Å². The van der Waals surface area contributed by atoms with Gasteiger partial charge in [-0.25, -0.2) is 9.67 Å². The quantitative estimate of drug-likeness (QED) is 0.718. The van der Waals surface area contributed by atoms with Crippen molar-refractivity contribution in [1.29, 1.82) is 0 Å². The number of aryl methyl sites for hydroxylation is 2. The molecule has 1 N–H and O–H groups in total. The molecule has 1 aliphatic rings. The molecule has 4 rings (SSSR count). The fraction of sp³-hybridized carbons (Fsp3) is 0.524. The number of carbonyl (C=O) groups excluding carboxylic acids is 1. The highest BCUT2D eigenvalue weighted by atomic mass is 16.1. The third-order valence-corrected chi connectivity index (χ3v) is 5.33. The molecular formula is C21H29N7O. The number of piperidine rings is 1. The Morgan fingerprint density at radius 2 is 2.14 bits per heavy atom. The first kappa shape index (κ1) is 19.4. The SMILES string of the molecule is Cc1cc(N2CCCC(NC(=O)c3cnc4c(cnn4CC(C)C)c3)C2)n(C)n1. The van der Waals surface area contributed by atoms with Crippen LogP contribution in [0.4, 0.5) is 5.82 Å². The second-order valence-corrected chi connectivity index (χ2v) is 8.38. The molecule has 29 heavy (non-hydrogen) atoms. The van der Waals surface area contributed by atoms with Gasteiger partial charge in [-0.1, -0.05) is 13.8 Å². The highest BCUT2D eigenvalue weighted by molar-refractivity contribution is 5.97. The Labute approximate surface area is 170 Å². The van der Waals surface area contributed by atoms with Crippen molar-refractivity contribution in [2.75, 3.05) is 18.0 Å². The number of amides is 1. The molecule has 1 atom stereocenters. The minimum absolute atomic E-state index is 0.0796. The summed E-state index contributed by atoms with van der Waals surface area (Å²) >= 11 is 0. The van der Waals surface area contributed by atoms with Gasteiger partial charge >= 0.3 is 0 Å². The predicted molar refractivity (Wildman–Crippen MR) is 113 cm³/mol. The maximum atomic E-state index is 12.8. The Kier molecular flexibility index (Phi) is 5.25. The zero-order valence-electron chi connectivity index (χ0n) is 17.6. The van der Waals surface area contributed by atoms with Crippen LogP contribution in [0, 0.1) is 12.8 Å². The molecule has 1 fully saturated rings. The first-order valence-corrected chi connectivity index (χ1v) is 10.3. The number of fused-ring (bicyclic) bond motifs is 1. The summed E-state index contributed by atoms with van der Waals surface area (Å²) < 4.78 is 3.81. The third-order valence-electron chi connectivity index (χ3n) is 5.33. The van der Waals surface area contributed by atoms with Crippen molar-refractivity contribution in [2.45, 2.75) is 46.2 Å². The fourth-order valence-electron chi connectivity index (χ4n) is 4.04. The summed E-state index contributed by atoms with van der Waals surface area (Å²) in [4.78, 5) is 19.6. The Balaban J connectivity index is 1.45. The van der Waals surface area contributed by atoms with Crippen LogP contribution >= 0.6 is 0 Å². The summed E-state index contributed by atoms with van der Waals surface area (Å²) in [7, 11) is 1.96. The van der Waals surface area contributed by atoms with Gasteiger partial charge in [-0.15, -0.1) is 0 Å². The monoisotopic (exact) mass is 395 g/mol. The average Bonchev–Trinajstić information content (AvgIpc) is 3.23. The molecule has 8 heteroatoms. The Morgan fingerprint density at radius 3 is 2.86 bits per heavy atom. The zero-order chi connectivity index (χ0) is 20.5. The summed E-state index contributed by atoms with van der Waals surface area (Å²) in [5, 5.41) is 12.9. The van der Waals surface area contributed by atoms with E-state index < -0.39 is 0 Å². The van der Waals surface area contributed by atoms with Gasteiger partial charge in [0.1, 0.15) is 5.82 Å². The average molecular weight is 396 g/mol. The molecule has 1 unspecified atom stereocenters. The van der Waals surface area contributed by atoms with E-state index >= 15 is 0 Å². The maximum Gasteiger partial charge on any atom is 0.253 e. The van der Waals surface area contributed by atoms with E-state index in [1.54, 1.807) is 12.4 Å². The lowest BCUT2D eigenvalue weighted by atomic mass is 10.0. The molecule has 1 amide bonds. The summed E-state index contributed by atoms with van der Waals surface area (Å²) in [6, 6.07) is 4.08. The van der Waals surface area contributed by atoms with Crippen molar-refractivity contribution in [3.05, 3.63) is 35.8 Å². The highest BCUT2D eigenvalue weighted by Gasteiger charge is 2.24. The van der Waals surface area contributed by atoms with Crippen LogP contribution in [0.25, 0.3) is 11.0 Å². The van der Waals surface area contributed by atoms with E-state index in [1.807, 2.05) is 29.4 Å². The third kappa shape index (κ3) is 4.11. The van der Waals surface area contributed by atoms with Crippen LogP contribution in [0.2, 0.25) is 0 Å². The van der Waals surface area contributed by atoms with Crippen LogP contribution in [0.1, 0.15) is 42.7 Å². The van der Waals surface area contributed by atoms with Gasteiger partial charge in [0.2, 0.25) is 0 Å². The second kappa shape index (κ2) is 7.85. The molecule has 3 aromatic heterocycles. The molecule has 0 aliphatic carbocycles. The topological polar surface area (TPSA) is 80.9 Å². The summed E-state index contributed by atoms with van der Waals surface area (Å²) in [6.45, 7) is 8.87. The van der Waals surface area contributed by atoms with Crippen LogP contribution in [0.5, 0.6) is 0 Å². The highest BCUT2D eigenvalue weighted by Crippen LogP contribution is 2.21. The lowest BCUT2D eigenvalue weighted by Crippen LogP contribution is -2.48. The van der Waals surface area contributed by atoms with Gasteiger partial charge in [0, 0.05) is 50.4 Å². The molecule has 0 aromatic carbocycles. The van der Waals surface area contributed by atoms with Crippen molar-refractivity contribution in [1.82, 2.24) is 29.9 Å². The van der Waals surface area contributed by atoms with Crippen molar-refractivity contribution in [2.24, 2.45) is 13.0 Å². The number of anilines is 1. The van der Waals surface area contributed by atoms with Crippen molar-refractivity contribution >= 4 is 22.8 Å². The van der Waals surface area contributed by atoms with Gasteiger partial charge < -0.3 is 10.2 Å². The summed E-state index contributed by atoms with van der Waals surface area (Å²) in [6.07, 6.45) is 5.45. The molecule has 1 aliphatic heterocycles. The Hall–Kier alpha value is -2.90. The predicted octanol–water partition coefficient (Wildman–Crippen LogP) is 2.53. The van der Waals surface area contributed by atoms with E-state index in [2.05, 4.69) is 45.3 Å². The van der Waals surface area contributed by atoms with Gasteiger partial charge in [0.25, 0.3) is 5.91 Å². The van der Waals surface area contributed by atoms with Crippen LogP contribution in [-0.2, 0) is 13.6 Å². The van der Waals surface area contributed by atoms with Crippen LogP contribution in [0.15, 0.2) is 24.5 Å². The van der Waals surface area contributed by atoms with Crippen molar-refractivity contribution in [3.63, 3.8) is 0 Å². The van der Waals surface area contributed by atoms with Crippen molar-refractivity contribution in [3.8, 4) is 0 Å². The normalized spacial score (nSPS) is 17.3. The van der Waals surface area contributed by atoms with E-state index in [0.717, 1.165) is 55.0 Å². The first-order chi connectivity index (χ1) is 13.9. The molecule has 1 saturated heterocycles. The van der Waals surface area contributed by atoms with Crippen LogP contribution < -0.4 is 10.2 Å². The summed E-state index contributed by atoms with van der Waals surface area (Å²) in [5.41, 5.74) is 2.41. The van der Waals surface area contributed by atoms with Gasteiger partial charge in [-0.2, -0.15) is 10.2 Å². The molecule has 3 aromatic rings. The molecular weight excluding hydrogens is 366 g/mol. The van der Waals surface area contributed by atoms with Crippen LogP contribution in [0.3, 0.4) is 0 Å². The Morgan fingerprint density at radius 1 is 1.31 bits per heavy atom. The van der Waals surface area contributed by atoms with E-state index in [0.29, 0.717) is 11.5 Å². The number of carbonyl (C=O) groups is 1. The first-order valence-electron chi connectivity index (χ1n) is 10.3. The molecule has 8 nitrogen and oxygen atoms in total. The largest absolute Gasteiger partial charge is 0.355 e. The van der Waals surface area contributed by atoms with E-state index in [1.165, 1.54) is 0 Å². The minimum atomic E-state index is -0.0796. The van der Waals surface area contributed by atoms with Gasteiger partial charge in [0.15, 0.2) is 5.65 Å². The number of pyridine rings is 1. The molecule has 0 bridgehead atoms. The molecule has 4 heterocycles. The number of hydrogen-bond acceptors (Lipinski definition) is 5. The lowest BCUT2D eigenvalue weighted by molar-refractivity contribution is 0.0933. The maximum absolute atomic E-state index is 12.8. The summed E-state index contributed by atoms with van der Waals surface area (Å²) in [5.74, 6) is 1.51. The number of nitrogens with zero attached hydrogens (tertiary/aromatic N) is 6. The molecule has 0 radical (unpaired) electrons. The van der Waals surface area contributed by atoms with Crippen LogP contribution in [-0.4, -0.2) is 49.6 Å². The molecule has 0 spiro atoms. The number of aromatic nitrogens is 5. The number of hydrogen-bond donors (Lipinski definition) is 1. The van der Waals surface area contributed by atoms with E-state index in [4.69, 9.17) is 0 Å². The number of rotatable bonds is 5. The van der Waals surface area contributed by atoms with Gasteiger partial charge in [-0.05, 0) is 31.7 Å². The minimum Gasteiger partial charge on any atom is -0.355 e. The van der Waals surface area contributed by atoms with Crippen molar-refractivity contribution < 1.29 is 4.79 Å². The van der Waals surface area contributed by atoms with E-state index in [-0.39, 0.29) is 11.9 Å². The fourth-order valence-corrected chi connectivity index (χ4v) is 4.04. The Bertz CT molecular complexity index is 1020. The molecule has 0 saturated carbocycles.